The minimum Gasteiger partial charge on any atom is -0.468 e. The molecule has 0 N–H and O–H groups in total. The van der Waals surface area contributed by atoms with Crippen LogP contribution in [-0.4, -0.2) is 29.0 Å². The van der Waals surface area contributed by atoms with Crippen LogP contribution in [0.3, 0.4) is 0 Å². The minimum absolute atomic E-state index is 0.222. The van der Waals surface area contributed by atoms with Crippen LogP contribution in [0.5, 0.6) is 0 Å². The van der Waals surface area contributed by atoms with Crippen molar-refractivity contribution in [3.8, 4) is 11.3 Å². The molecule has 0 fully saturated rings. The number of benzene rings is 2. The molecule has 0 amide bonds. The molecule has 0 saturated heterocycles. The van der Waals surface area contributed by atoms with Crippen molar-refractivity contribution in [2.45, 2.75) is 5.03 Å². The largest absolute Gasteiger partial charge is 0.468 e. The van der Waals surface area contributed by atoms with E-state index in [0.717, 1.165) is 27.1 Å². The van der Waals surface area contributed by atoms with Gasteiger partial charge in [0.05, 0.1) is 12.9 Å². The molecule has 0 spiro atoms. The van der Waals surface area contributed by atoms with Gasteiger partial charge in [0.1, 0.15) is 10.7 Å². The van der Waals surface area contributed by atoms with Gasteiger partial charge in [-0.25, -0.2) is 0 Å². The van der Waals surface area contributed by atoms with Gasteiger partial charge in [0.2, 0.25) is 0 Å². The van der Waals surface area contributed by atoms with Gasteiger partial charge in [-0.05, 0) is 0 Å². The molecule has 0 saturated carbocycles. The molecule has 4 nitrogen and oxygen atoms in total. The van der Waals surface area contributed by atoms with Crippen molar-refractivity contribution in [3.63, 3.8) is 0 Å². The number of fused-ring (bicyclic) bond motifs is 1. The number of thioether (sulfide) groups is 1. The van der Waals surface area contributed by atoms with Crippen LogP contribution < -0.4 is 0 Å². The van der Waals surface area contributed by atoms with Crippen molar-refractivity contribution in [1.29, 1.82) is 0 Å². The van der Waals surface area contributed by atoms with Crippen LogP contribution in [0.1, 0.15) is 0 Å². The van der Waals surface area contributed by atoms with E-state index in [1.54, 1.807) is 0 Å². The fourth-order valence-electron chi connectivity index (χ4n) is 2.18. The molecule has 0 aliphatic heterocycles. The third kappa shape index (κ3) is 2.94. The summed E-state index contributed by atoms with van der Waals surface area (Å²) in [5.41, 5.74) is 1.87. The number of ether oxygens (including phenoxy) is 1. The Labute approximate surface area is 132 Å². The Balaban J connectivity index is 2.06. The molecule has 1 aromatic heterocycles. The maximum atomic E-state index is 11.3. The molecule has 0 unspecified atom stereocenters. The summed E-state index contributed by atoms with van der Waals surface area (Å²) >= 11 is 1.34. The molecule has 5 heteroatoms. The summed E-state index contributed by atoms with van der Waals surface area (Å²) in [6, 6.07) is 17.9. The first kappa shape index (κ1) is 14.5. The van der Waals surface area contributed by atoms with Crippen LogP contribution in [0, 0.1) is 0 Å². The first-order valence-electron chi connectivity index (χ1n) is 6.80. The van der Waals surface area contributed by atoms with Crippen molar-refractivity contribution < 1.29 is 9.53 Å². The lowest BCUT2D eigenvalue weighted by Gasteiger charge is -2.08. The topological polar surface area (TPSA) is 52.1 Å². The lowest BCUT2D eigenvalue weighted by atomic mass is 10.1. The van der Waals surface area contributed by atoms with Gasteiger partial charge in [-0.3, -0.25) is 4.79 Å². The SMILES string of the molecule is COC(=O)CSc1nnc(-c2ccccc2)c2ccccc12. The van der Waals surface area contributed by atoms with E-state index in [1.165, 1.54) is 18.9 Å². The molecule has 0 atom stereocenters. The standard InChI is InChI=1S/C17H14N2O2S/c1-21-15(20)11-22-17-14-10-6-5-9-13(14)16(18-19-17)12-7-3-2-4-8-12/h2-10H,11H2,1H3. The average molecular weight is 310 g/mol. The zero-order chi connectivity index (χ0) is 15.4. The third-order valence-corrected chi connectivity index (χ3v) is 4.21. The molecular formula is C17H14N2O2S. The Kier molecular flexibility index (Phi) is 4.34. The van der Waals surface area contributed by atoms with E-state index >= 15 is 0 Å². The number of carbonyl (C=O) groups is 1. The summed E-state index contributed by atoms with van der Waals surface area (Å²) < 4.78 is 4.67. The first-order chi connectivity index (χ1) is 10.8. The van der Waals surface area contributed by atoms with E-state index in [-0.39, 0.29) is 11.7 Å². The lowest BCUT2D eigenvalue weighted by molar-refractivity contribution is -0.137. The second-order valence-electron chi connectivity index (χ2n) is 4.63. The van der Waals surface area contributed by atoms with E-state index < -0.39 is 0 Å². The molecule has 22 heavy (non-hydrogen) atoms. The molecule has 0 bridgehead atoms. The fourth-order valence-corrected chi connectivity index (χ4v) is 2.99. The van der Waals surface area contributed by atoms with Crippen LogP contribution in [0.4, 0.5) is 0 Å². The van der Waals surface area contributed by atoms with E-state index in [9.17, 15) is 4.79 Å². The molecule has 110 valence electrons. The van der Waals surface area contributed by atoms with E-state index in [2.05, 4.69) is 14.9 Å². The number of methoxy groups -OCH3 is 1. The molecule has 1 heterocycles. The average Bonchev–Trinajstić information content (AvgIpc) is 2.60. The van der Waals surface area contributed by atoms with Gasteiger partial charge in [0.15, 0.2) is 0 Å². The van der Waals surface area contributed by atoms with Gasteiger partial charge in [0, 0.05) is 16.3 Å². The van der Waals surface area contributed by atoms with Gasteiger partial charge >= 0.3 is 5.97 Å². The number of rotatable bonds is 4. The monoisotopic (exact) mass is 310 g/mol. The summed E-state index contributed by atoms with van der Waals surface area (Å²) in [5.74, 6) is -0.0529. The lowest BCUT2D eigenvalue weighted by Crippen LogP contribution is -2.04. The Hall–Kier alpha value is -2.40. The molecule has 3 rings (SSSR count). The predicted molar refractivity (Wildman–Crippen MR) is 87.7 cm³/mol. The number of hydrogen-bond acceptors (Lipinski definition) is 5. The predicted octanol–water partition coefficient (Wildman–Crippen LogP) is 3.56. The van der Waals surface area contributed by atoms with Crippen LogP contribution in [-0.2, 0) is 9.53 Å². The number of esters is 1. The molecule has 2 aromatic carbocycles. The first-order valence-corrected chi connectivity index (χ1v) is 7.78. The van der Waals surface area contributed by atoms with Gasteiger partial charge in [-0.2, -0.15) is 0 Å². The smallest absolute Gasteiger partial charge is 0.316 e. The van der Waals surface area contributed by atoms with Crippen LogP contribution in [0.25, 0.3) is 22.0 Å². The Morgan fingerprint density at radius 2 is 1.68 bits per heavy atom. The minimum atomic E-state index is -0.275. The van der Waals surface area contributed by atoms with E-state index in [1.807, 2.05) is 54.6 Å². The zero-order valence-electron chi connectivity index (χ0n) is 12.0. The normalized spacial score (nSPS) is 10.6. The summed E-state index contributed by atoms with van der Waals surface area (Å²) in [6.07, 6.45) is 0. The highest BCUT2D eigenvalue weighted by atomic mass is 32.2. The van der Waals surface area contributed by atoms with Gasteiger partial charge < -0.3 is 4.74 Å². The Bertz CT molecular complexity index is 806. The highest BCUT2D eigenvalue weighted by Gasteiger charge is 2.12. The van der Waals surface area contributed by atoms with Crippen molar-refractivity contribution in [2.24, 2.45) is 0 Å². The number of hydrogen-bond donors (Lipinski definition) is 0. The van der Waals surface area contributed by atoms with Gasteiger partial charge in [-0.15, -0.1) is 10.2 Å². The number of aromatic nitrogens is 2. The maximum absolute atomic E-state index is 11.3. The van der Waals surface area contributed by atoms with Crippen molar-refractivity contribution in [1.82, 2.24) is 10.2 Å². The highest BCUT2D eigenvalue weighted by molar-refractivity contribution is 8.00. The van der Waals surface area contributed by atoms with Gasteiger partial charge in [-0.1, -0.05) is 66.4 Å². The summed E-state index contributed by atoms with van der Waals surface area (Å²) in [4.78, 5) is 11.3. The number of carbonyl (C=O) groups excluding carboxylic acids is 1. The van der Waals surface area contributed by atoms with Crippen molar-refractivity contribution in [2.75, 3.05) is 12.9 Å². The summed E-state index contributed by atoms with van der Waals surface area (Å²) in [6.45, 7) is 0. The molecular weight excluding hydrogens is 296 g/mol. The van der Waals surface area contributed by atoms with Crippen LogP contribution >= 0.6 is 11.8 Å². The molecule has 3 aromatic rings. The number of nitrogens with zero attached hydrogens (tertiary/aromatic N) is 2. The van der Waals surface area contributed by atoms with Crippen molar-refractivity contribution in [3.05, 3.63) is 54.6 Å². The highest BCUT2D eigenvalue weighted by Crippen LogP contribution is 2.31. The summed E-state index contributed by atoms with van der Waals surface area (Å²) in [5, 5.41) is 11.4. The fraction of sp³-hybridized carbons (Fsp3) is 0.118. The van der Waals surface area contributed by atoms with E-state index in [4.69, 9.17) is 0 Å². The zero-order valence-corrected chi connectivity index (χ0v) is 12.8. The van der Waals surface area contributed by atoms with Crippen LogP contribution in [0.2, 0.25) is 0 Å². The quantitative estimate of drug-likeness (QED) is 0.545. The van der Waals surface area contributed by atoms with Crippen molar-refractivity contribution >= 4 is 28.5 Å². The Morgan fingerprint density at radius 3 is 2.41 bits per heavy atom. The van der Waals surface area contributed by atoms with Crippen LogP contribution in [0.15, 0.2) is 59.6 Å². The second kappa shape index (κ2) is 6.58. The molecule has 0 aliphatic rings. The Morgan fingerprint density at radius 1 is 1.00 bits per heavy atom. The molecule has 0 radical (unpaired) electrons. The van der Waals surface area contributed by atoms with E-state index in [0.29, 0.717) is 0 Å². The third-order valence-electron chi connectivity index (χ3n) is 3.26. The van der Waals surface area contributed by atoms with Gasteiger partial charge in [0.25, 0.3) is 0 Å². The summed E-state index contributed by atoms with van der Waals surface area (Å²) in [7, 11) is 1.38. The molecule has 0 aliphatic carbocycles. The second-order valence-corrected chi connectivity index (χ2v) is 5.59. The maximum Gasteiger partial charge on any atom is 0.316 e.